The molecule has 1 amide bonds. The van der Waals surface area contributed by atoms with Gasteiger partial charge in [-0.25, -0.2) is 9.78 Å². The van der Waals surface area contributed by atoms with Crippen LogP contribution in [0.2, 0.25) is 0 Å². The Hall–Kier alpha value is -1.85. The van der Waals surface area contributed by atoms with Crippen molar-refractivity contribution in [1.82, 2.24) is 9.88 Å². The largest absolute Gasteiger partial charge is 0.490 e. The summed E-state index contributed by atoms with van der Waals surface area (Å²) in [5.41, 5.74) is -0.501. The highest BCUT2D eigenvalue weighted by molar-refractivity contribution is 5.69. The number of amides is 1. The number of hydrogen-bond donors (Lipinski definition) is 0. The maximum absolute atomic E-state index is 12.7. The predicted molar refractivity (Wildman–Crippen MR) is 71.0 cm³/mol. The van der Waals surface area contributed by atoms with Gasteiger partial charge in [0.25, 0.3) is 0 Å². The Morgan fingerprint density at radius 2 is 2.25 bits per heavy atom. The molecule has 0 saturated carbocycles. The lowest BCUT2D eigenvalue weighted by atomic mass is 10.1. The highest BCUT2D eigenvalue weighted by atomic mass is 18.2. The second kappa shape index (κ2) is 5.64. The van der Waals surface area contributed by atoms with E-state index in [2.05, 4.69) is 4.98 Å². The van der Waals surface area contributed by atoms with Crippen LogP contribution in [0.3, 0.4) is 0 Å². The minimum atomic E-state index is -0.545. The van der Waals surface area contributed by atoms with Gasteiger partial charge in [-0.05, 0) is 39.3 Å². The number of pyridine rings is 1. The predicted octanol–water partition coefficient (Wildman–Crippen LogP) is 2.61. The number of nitrogens with zero attached hydrogens (tertiary/aromatic N) is 2. The first-order chi connectivity index (χ1) is 9.35. The van der Waals surface area contributed by atoms with Crippen molar-refractivity contribution in [2.75, 3.05) is 13.2 Å². The van der Waals surface area contributed by atoms with Crippen LogP contribution >= 0.6 is 0 Å². The third-order valence-electron chi connectivity index (χ3n) is 2.91. The first-order valence-corrected chi connectivity index (χ1v) is 6.59. The monoisotopic (exact) mass is 281 g/mol. The molecule has 1 aromatic heterocycles. The van der Waals surface area contributed by atoms with Gasteiger partial charge in [0.1, 0.15) is 18.0 Å². The van der Waals surface area contributed by atoms with Crippen LogP contribution < -0.4 is 4.74 Å². The van der Waals surface area contributed by atoms with Gasteiger partial charge in [0.05, 0.1) is 12.2 Å². The normalized spacial score (nSPS) is 18.4. The fourth-order valence-electron chi connectivity index (χ4n) is 1.82. The average Bonchev–Trinajstić information content (AvgIpc) is 2.27. The van der Waals surface area contributed by atoms with Gasteiger partial charge < -0.3 is 14.4 Å². The minimum absolute atomic E-state index is 0.00472. The number of ether oxygens (including phenoxy) is 2. The zero-order valence-corrected chi connectivity index (χ0v) is 11.9. The molecule has 0 unspecified atom stereocenters. The molecule has 20 heavy (non-hydrogen) atoms. The Morgan fingerprint density at radius 1 is 1.50 bits per heavy atom. The molecular formula is C14H19FN2O3. The van der Waals surface area contributed by atoms with Gasteiger partial charge >= 0.3 is 6.09 Å². The van der Waals surface area contributed by atoms with Crippen molar-refractivity contribution in [3.8, 4) is 5.75 Å². The van der Waals surface area contributed by atoms with Crippen molar-refractivity contribution in [1.29, 1.82) is 0 Å². The maximum atomic E-state index is 12.7. The van der Waals surface area contributed by atoms with E-state index >= 15 is 0 Å². The molecule has 1 aliphatic rings. The van der Waals surface area contributed by atoms with E-state index < -0.39 is 11.5 Å². The van der Waals surface area contributed by atoms with Gasteiger partial charge in [-0.3, -0.25) is 0 Å². The van der Waals surface area contributed by atoms with E-state index in [-0.39, 0.29) is 12.1 Å². The number of halogens is 1. The molecule has 1 saturated heterocycles. The molecule has 1 fully saturated rings. The van der Waals surface area contributed by atoms with Crippen molar-refractivity contribution in [2.24, 2.45) is 0 Å². The lowest BCUT2D eigenvalue weighted by Crippen LogP contribution is -2.55. The average molecular weight is 281 g/mol. The Labute approximate surface area is 117 Å². The quantitative estimate of drug-likeness (QED) is 0.799. The standard InChI is InChI=1S/C14H19FN2O3/c1-14(2,3)20-13(18)17-7-6-10(17)9-19-11-4-5-12(15)16-8-11/h4-5,8,10H,6-7,9H2,1-3H3/t10-/m0/s1/i15-1. The van der Waals surface area contributed by atoms with E-state index in [9.17, 15) is 9.18 Å². The molecule has 2 rings (SSSR count). The second-order valence-corrected chi connectivity index (χ2v) is 5.74. The Balaban J connectivity index is 1.82. The van der Waals surface area contributed by atoms with Gasteiger partial charge in [-0.2, -0.15) is 4.39 Å². The molecule has 1 atom stereocenters. The molecule has 0 radical (unpaired) electrons. The summed E-state index contributed by atoms with van der Waals surface area (Å²) in [7, 11) is 0. The summed E-state index contributed by atoms with van der Waals surface area (Å²) in [6.07, 6.45) is 1.87. The van der Waals surface area contributed by atoms with Crippen LogP contribution in [0.5, 0.6) is 5.75 Å². The van der Waals surface area contributed by atoms with E-state index in [1.54, 1.807) is 4.90 Å². The molecule has 1 aliphatic heterocycles. The Bertz CT molecular complexity index is 470. The van der Waals surface area contributed by atoms with Gasteiger partial charge in [-0.1, -0.05) is 0 Å². The SMILES string of the molecule is CC(C)(C)OC(=O)N1CC[C@H]1COc1ccc([18F])nc1. The van der Waals surface area contributed by atoms with Crippen LogP contribution in [0.15, 0.2) is 18.3 Å². The lowest BCUT2D eigenvalue weighted by molar-refractivity contribution is -0.0141. The smallest absolute Gasteiger partial charge is 0.410 e. The summed E-state index contributed by atoms with van der Waals surface area (Å²) < 4.78 is 23.5. The zero-order valence-electron chi connectivity index (χ0n) is 11.9. The van der Waals surface area contributed by atoms with E-state index in [0.29, 0.717) is 18.9 Å². The van der Waals surface area contributed by atoms with Crippen molar-refractivity contribution in [3.63, 3.8) is 0 Å². The molecule has 0 N–H and O–H groups in total. The van der Waals surface area contributed by atoms with E-state index in [1.807, 2.05) is 20.8 Å². The summed E-state index contributed by atoms with van der Waals surface area (Å²) in [6, 6.07) is 2.75. The maximum Gasteiger partial charge on any atom is 0.410 e. The van der Waals surface area contributed by atoms with E-state index in [4.69, 9.17) is 9.47 Å². The van der Waals surface area contributed by atoms with E-state index in [1.165, 1.54) is 18.3 Å². The van der Waals surface area contributed by atoms with Crippen LogP contribution in [-0.4, -0.2) is 40.8 Å². The van der Waals surface area contributed by atoms with Gasteiger partial charge in [0.2, 0.25) is 5.95 Å². The summed E-state index contributed by atoms with van der Waals surface area (Å²) in [4.78, 5) is 17.0. The molecule has 0 bridgehead atoms. The molecule has 1 aromatic rings. The van der Waals surface area contributed by atoms with Gasteiger partial charge in [-0.15, -0.1) is 0 Å². The van der Waals surface area contributed by atoms with Crippen molar-refractivity contribution in [2.45, 2.75) is 38.8 Å². The lowest BCUT2D eigenvalue weighted by Gasteiger charge is -2.40. The Kier molecular flexibility index (Phi) is 4.11. The third kappa shape index (κ3) is 3.82. The second-order valence-electron chi connectivity index (χ2n) is 5.74. The topological polar surface area (TPSA) is 51.7 Å². The number of rotatable bonds is 3. The Morgan fingerprint density at radius 3 is 2.75 bits per heavy atom. The van der Waals surface area contributed by atoms with E-state index in [0.717, 1.165) is 6.42 Å². The summed E-state index contributed by atoms with van der Waals surface area (Å²) in [6.45, 7) is 6.53. The molecule has 6 heteroatoms. The number of carbonyl (C=O) groups excluding carboxylic acids is 1. The third-order valence-corrected chi connectivity index (χ3v) is 2.91. The minimum Gasteiger partial charge on any atom is -0.490 e. The highest BCUT2D eigenvalue weighted by Crippen LogP contribution is 2.22. The van der Waals surface area contributed by atoms with Crippen LogP contribution in [-0.2, 0) is 4.74 Å². The molecule has 0 aliphatic carbocycles. The number of hydrogen-bond acceptors (Lipinski definition) is 4. The zero-order chi connectivity index (χ0) is 14.8. The first kappa shape index (κ1) is 14.6. The van der Waals surface area contributed by atoms with Crippen molar-refractivity contribution < 1.29 is 18.7 Å². The molecule has 0 spiro atoms. The molecule has 2 heterocycles. The fourth-order valence-corrected chi connectivity index (χ4v) is 1.82. The van der Waals surface area contributed by atoms with Crippen molar-refractivity contribution >= 4 is 6.09 Å². The summed E-state index contributed by atoms with van der Waals surface area (Å²) >= 11 is 0. The molecule has 110 valence electrons. The molecular weight excluding hydrogens is 262 g/mol. The fraction of sp³-hybridized carbons (Fsp3) is 0.571. The summed E-state index contributed by atoms with van der Waals surface area (Å²) in [5.74, 6) is -0.0567. The van der Waals surface area contributed by atoms with Crippen molar-refractivity contribution in [3.05, 3.63) is 24.3 Å². The number of carbonyl (C=O) groups is 1. The molecule has 0 aromatic carbocycles. The first-order valence-electron chi connectivity index (χ1n) is 6.59. The summed E-state index contributed by atoms with van der Waals surface area (Å²) in [5, 5.41) is 0. The van der Waals surface area contributed by atoms with Crippen LogP contribution in [0.1, 0.15) is 27.2 Å². The van der Waals surface area contributed by atoms with Crippen LogP contribution in [0, 0.1) is 5.95 Å². The number of aromatic nitrogens is 1. The van der Waals surface area contributed by atoms with Crippen LogP contribution in [0.4, 0.5) is 9.18 Å². The molecule has 5 nitrogen and oxygen atoms in total. The highest BCUT2D eigenvalue weighted by Gasteiger charge is 2.35. The van der Waals surface area contributed by atoms with Crippen LogP contribution in [0.25, 0.3) is 0 Å². The number of likely N-dealkylation sites (tertiary alicyclic amines) is 1. The van der Waals surface area contributed by atoms with Gasteiger partial charge in [0.15, 0.2) is 0 Å². The van der Waals surface area contributed by atoms with Gasteiger partial charge in [0, 0.05) is 6.54 Å².